The minimum Gasteiger partial charge on any atom is -0.0911 e. The van der Waals surface area contributed by atoms with E-state index in [2.05, 4.69) is 26.0 Å². The van der Waals surface area contributed by atoms with Crippen LogP contribution in [0.2, 0.25) is 0 Å². The smallest absolute Gasteiger partial charge is 0.00272 e. The Labute approximate surface area is 102 Å². The zero-order chi connectivity index (χ0) is 11.4. The molecule has 2 rings (SSSR count). The summed E-state index contributed by atoms with van der Waals surface area (Å²) < 4.78 is 0. The maximum absolute atomic E-state index is 2.41. The van der Waals surface area contributed by atoms with E-state index < -0.39 is 0 Å². The minimum atomic E-state index is 0.974. The van der Waals surface area contributed by atoms with Gasteiger partial charge in [0.1, 0.15) is 0 Å². The van der Waals surface area contributed by atoms with Gasteiger partial charge in [-0.25, -0.2) is 0 Å². The summed E-state index contributed by atoms with van der Waals surface area (Å²) in [5, 5.41) is 0. The first-order valence-corrected chi connectivity index (χ1v) is 7.11. The first kappa shape index (κ1) is 12.2. The van der Waals surface area contributed by atoms with Crippen molar-refractivity contribution in [3.8, 4) is 0 Å². The fourth-order valence-corrected chi connectivity index (χ4v) is 3.34. The van der Waals surface area contributed by atoms with Crippen LogP contribution in [0.1, 0.15) is 65.2 Å². The van der Waals surface area contributed by atoms with Gasteiger partial charge in [0.15, 0.2) is 0 Å². The molecule has 0 aromatic carbocycles. The molecule has 2 aliphatic rings. The molecular formula is C16H26. The lowest BCUT2D eigenvalue weighted by Crippen LogP contribution is -2.22. The highest BCUT2D eigenvalue weighted by Gasteiger charge is 2.29. The van der Waals surface area contributed by atoms with E-state index in [-0.39, 0.29) is 0 Å². The lowest BCUT2D eigenvalue weighted by atomic mass is 9.69. The molecule has 0 atom stereocenters. The minimum absolute atomic E-state index is 0.974. The molecule has 0 aromatic heterocycles. The summed E-state index contributed by atoms with van der Waals surface area (Å²) in [5.41, 5.74) is 0. The molecule has 0 heteroatoms. The molecule has 2 fully saturated rings. The molecule has 0 aliphatic heterocycles. The molecule has 0 heterocycles. The van der Waals surface area contributed by atoms with E-state index in [1.54, 1.807) is 5.92 Å². The Bertz CT molecular complexity index is 212. The van der Waals surface area contributed by atoms with Gasteiger partial charge in [-0.2, -0.15) is 0 Å². The van der Waals surface area contributed by atoms with Crippen molar-refractivity contribution in [2.75, 3.05) is 0 Å². The van der Waals surface area contributed by atoms with Gasteiger partial charge in [0, 0.05) is 0 Å². The SMILES string of the molecule is C/C=C/[C]1CCC([C]2CCC(C)CC2)CC1. The second-order valence-corrected chi connectivity index (χ2v) is 5.77. The fourth-order valence-electron chi connectivity index (χ4n) is 3.34. The highest BCUT2D eigenvalue weighted by atomic mass is 14.3. The number of hydrogen-bond acceptors (Lipinski definition) is 0. The average Bonchev–Trinajstić information content (AvgIpc) is 2.32. The Morgan fingerprint density at radius 2 is 1.56 bits per heavy atom. The summed E-state index contributed by atoms with van der Waals surface area (Å²) in [6.45, 7) is 4.55. The molecule has 0 bridgehead atoms. The molecule has 0 aromatic rings. The molecule has 0 N–H and O–H groups in total. The zero-order valence-electron chi connectivity index (χ0n) is 11.0. The van der Waals surface area contributed by atoms with E-state index in [1.807, 2.05) is 5.92 Å². The predicted octanol–water partition coefficient (Wildman–Crippen LogP) is 5.11. The molecular weight excluding hydrogens is 192 g/mol. The molecule has 16 heavy (non-hydrogen) atoms. The van der Waals surface area contributed by atoms with E-state index in [1.165, 1.54) is 51.4 Å². The zero-order valence-corrected chi connectivity index (χ0v) is 11.0. The number of hydrogen-bond donors (Lipinski definition) is 0. The van der Waals surface area contributed by atoms with Crippen molar-refractivity contribution in [1.82, 2.24) is 0 Å². The van der Waals surface area contributed by atoms with Crippen LogP contribution < -0.4 is 0 Å². The summed E-state index contributed by atoms with van der Waals surface area (Å²) in [5.74, 6) is 5.56. The Morgan fingerprint density at radius 1 is 0.938 bits per heavy atom. The summed E-state index contributed by atoms with van der Waals surface area (Å²) in [4.78, 5) is 0. The summed E-state index contributed by atoms with van der Waals surface area (Å²) >= 11 is 0. The molecule has 0 nitrogen and oxygen atoms in total. The standard InChI is InChI=1S/C16H26/c1-3-4-14-7-11-16(12-8-14)15-9-5-13(2)6-10-15/h3-4,13,16H,5-12H2,1-2H3/b4-3+. The first-order chi connectivity index (χ1) is 7.79. The maximum atomic E-state index is 2.41. The Kier molecular flexibility index (Phi) is 4.49. The molecule has 0 unspecified atom stereocenters. The summed E-state index contributed by atoms with van der Waals surface area (Å²) in [6, 6.07) is 0. The van der Waals surface area contributed by atoms with Gasteiger partial charge in [-0.3, -0.25) is 0 Å². The van der Waals surface area contributed by atoms with E-state index in [0.717, 1.165) is 11.8 Å². The second kappa shape index (κ2) is 5.89. The van der Waals surface area contributed by atoms with E-state index >= 15 is 0 Å². The van der Waals surface area contributed by atoms with Crippen LogP contribution in [-0.4, -0.2) is 0 Å². The molecule has 0 amide bonds. The van der Waals surface area contributed by atoms with Gasteiger partial charge in [0.2, 0.25) is 0 Å². The second-order valence-electron chi connectivity index (χ2n) is 5.77. The summed E-state index contributed by atoms with van der Waals surface area (Å²) in [6.07, 6.45) is 15.9. The normalized spacial score (nSPS) is 27.9. The molecule has 2 radical (unpaired) electrons. The van der Waals surface area contributed by atoms with Crippen LogP contribution in [0.5, 0.6) is 0 Å². The molecule has 90 valence electrons. The van der Waals surface area contributed by atoms with Crippen LogP contribution in [0.4, 0.5) is 0 Å². The Morgan fingerprint density at radius 3 is 2.12 bits per heavy atom. The van der Waals surface area contributed by atoms with Crippen LogP contribution in [0.25, 0.3) is 0 Å². The maximum Gasteiger partial charge on any atom is -0.00272 e. The first-order valence-electron chi connectivity index (χ1n) is 7.11. The highest BCUT2D eigenvalue weighted by Crippen LogP contribution is 2.43. The molecule has 2 aliphatic carbocycles. The van der Waals surface area contributed by atoms with Crippen molar-refractivity contribution < 1.29 is 0 Å². The van der Waals surface area contributed by atoms with Crippen molar-refractivity contribution in [2.45, 2.75) is 65.2 Å². The van der Waals surface area contributed by atoms with E-state index in [0.29, 0.717) is 0 Å². The van der Waals surface area contributed by atoms with Crippen molar-refractivity contribution in [3.05, 3.63) is 24.0 Å². The molecule has 0 spiro atoms. The Balaban J connectivity index is 1.76. The van der Waals surface area contributed by atoms with Crippen LogP contribution >= 0.6 is 0 Å². The van der Waals surface area contributed by atoms with Gasteiger partial charge in [-0.05, 0) is 69.1 Å². The van der Waals surface area contributed by atoms with Gasteiger partial charge in [0.25, 0.3) is 0 Å². The van der Waals surface area contributed by atoms with E-state index in [9.17, 15) is 0 Å². The lowest BCUT2D eigenvalue weighted by Gasteiger charge is -2.36. The van der Waals surface area contributed by atoms with Crippen LogP contribution in [0.3, 0.4) is 0 Å². The highest BCUT2D eigenvalue weighted by molar-refractivity contribution is 5.14. The van der Waals surface area contributed by atoms with Crippen LogP contribution in [0.15, 0.2) is 12.2 Å². The monoisotopic (exact) mass is 218 g/mol. The van der Waals surface area contributed by atoms with Gasteiger partial charge in [0.05, 0.1) is 0 Å². The van der Waals surface area contributed by atoms with Crippen LogP contribution in [-0.2, 0) is 0 Å². The molecule has 0 saturated heterocycles. The summed E-state index contributed by atoms with van der Waals surface area (Å²) in [7, 11) is 0. The van der Waals surface area contributed by atoms with Crippen molar-refractivity contribution in [1.29, 1.82) is 0 Å². The van der Waals surface area contributed by atoms with Crippen molar-refractivity contribution >= 4 is 0 Å². The molecule has 2 saturated carbocycles. The van der Waals surface area contributed by atoms with Gasteiger partial charge >= 0.3 is 0 Å². The topological polar surface area (TPSA) is 0 Å². The van der Waals surface area contributed by atoms with E-state index in [4.69, 9.17) is 0 Å². The van der Waals surface area contributed by atoms with Crippen molar-refractivity contribution in [2.24, 2.45) is 11.8 Å². The quantitative estimate of drug-likeness (QED) is 0.604. The third kappa shape index (κ3) is 3.12. The largest absolute Gasteiger partial charge is 0.0911 e. The fraction of sp³-hybridized carbons (Fsp3) is 0.750. The van der Waals surface area contributed by atoms with Gasteiger partial charge in [-0.1, -0.05) is 31.9 Å². The number of rotatable bonds is 2. The number of allylic oxidation sites excluding steroid dienone is 2. The van der Waals surface area contributed by atoms with Crippen molar-refractivity contribution in [3.63, 3.8) is 0 Å². The average molecular weight is 218 g/mol. The Hall–Kier alpha value is -0.260. The lowest BCUT2D eigenvalue weighted by molar-refractivity contribution is 0.308. The third-order valence-corrected chi connectivity index (χ3v) is 4.52. The van der Waals surface area contributed by atoms with Gasteiger partial charge < -0.3 is 0 Å². The van der Waals surface area contributed by atoms with Crippen LogP contribution in [0, 0.1) is 23.7 Å². The third-order valence-electron chi connectivity index (χ3n) is 4.52. The van der Waals surface area contributed by atoms with Gasteiger partial charge in [-0.15, -0.1) is 0 Å². The predicted molar refractivity (Wildman–Crippen MR) is 70.9 cm³/mol.